The van der Waals surface area contributed by atoms with Crippen molar-refractivity contribution < 1.29 is 9.97 Å². The molecule has 2 N–H and O–H groups in total. The van der Waals surface area contributed by atoms with Crippen LogP contribution in [0.1, 0.15) is 11.1 Å². The van der Waals surface area contributed by atoms with Crippen LogP contribution in [0, 0.1) is 0 Å². The zero-order chi connectivity index (χ0) is 35.3. The molecule has 0 amide bonds. The van der Waals surface area contributed by atoms with Crippen molar-refractivity contribution in [3.8, 4) is 0 Å². The van der Waals surface area contributed by atoms with Gasteiger partial charge in [-0.2, -0.15) is 0 Å². The molecule has 8 aromatic rings. The summed E-state index contributed by atoms with van der Waals surface area (Å²) in [4.78, 5) is 6.30. The Labute approximate surface area is 309 Å². The molecule has 6 aromatic carbocycles. The summed E-state index contributed by atoms with van der Waals surface area (Å²) in [6.45, 7) is 0. The Bertz CT molecular complexity index is 1850. The van der Waals surface area contributed by atoms with Gasteiger partial charge in [0.15, 0.2) is 24.8 Å². The molecule has 252 valence electrons. The lowest BCUT2D eigenvalue weighted by atomic mass is 10.3. The summed E-state index contributed by atoms with van der Waals surface area (Å²) in [6, 6.07) is 74.9. The van der Waals surface area contributed by atoms with Crippen LogP contribution in [-0.4, -0.2) is 0 Å². The van der Waals surface area contributed by atoms with Gasteiger partial charge in [-0.25, -0.2) is 9.97 Å². The average molecular weight is 711 g/mol. The zero-order valence-electron chi connectivity index (χ0n) is 29.2. The van der Waals surface area contributed by atoms with E-state index in [0.29, 0.717) is 0 Å². The van der Waals surface area contributed by atoms with Gasteiger partial charge in [-0.1, -0.05) is 109 Å². The molecular weight excluding hydrogens is 666 g/mol. The summed E-state index contributed by atoms with van der Waals surface area (Å²) < 4.78 is 0. The van der Waals surface area contributed by atoms with Crippen LogP contribution >= 0.6 is 14.5 Å². The van der Waals surface area contributed by atoms with Crippen molar-refractivity contribution in [2.24, 2.45) is 0 Å². The van der Waals surface area contributed by atoms with Crippen molar-refractivity contribution >= 4 is 46.4 Å². The molecular formula is C48H44N2P2+4. The summed E-state index contributed by atoms with van der Waals surface area (Å²) in [5.74, 6) is 0. The maximum Gasteiger partial charge on any atom is 0.167 e. The number of benzene rings is 6. The van der Waals surface area contributed by atoms with Gasteiger partial charge in [0, 0.05) is 35.4 Å². The van der Waals surface area contributed by atoms with Crippen molar-refractivity contribution in [1.29, 1.82) is 0 Å². The topological polar surface area (TPSA) is 28.3 Å². The SMILES string of the molecule is c1ccc([P+](Cc2cc[nH+]cc2)(c2ccccc2)c2ccccc2)cc1.c1ccc([P+](Cc2cc[nH+]cc2)(c2ccccc2)c2ccccc2)cc1. The van der Waals surface area contributed by atoms with Gasteiger partial charge < -0.3 is 0 Å². The smallest absolute Gasteiger partial charge is 0.167 e. The molecule has 0 aliphatic carbocycles. The maximum atomic E-state index is 3.15. The number of aromatic nitrogens is 2. The summed E-state index contributed by atoms with van der Waals surface area (Å²) >= 11 is 0. The minimum absolute atomic E-state index is 1.01. The van der Waals surface area contributed by atoms with Gasteiger partial charge in [0.05, 0.1) is 12.3 Å². The van der Waals surface area contributed by atoms with Crippen LogP contribution in [0.25, 0.3) is 0 Å². The number of hydrogen-bond donors (Lipinski definition) is 0. The fraction of sp³-hybridized carbons (Fsp3) is 0.0417. The molecule has 8 rings (SSSR count). The van der Waals surface area contributed by atoms with Crippen LogP contribution in [0.5, 0.6) is 0 Å². The molecule has 2 heterocycles. The van der Waals surface area contributed by atoms with E-state index in [4.69, 9.17) is 0 Å². The predicted octanol–water partition coefficient (Wildman–Crippen LogP) is 7.99. The second-order valence-electron chi connectivity index (χ2n) is 12.8. The number of aromatic amines is 2. The minimum Gasteiger partial charge on any atom is -0.218 e. The first kappa shape index (κ1) is 34.9. The summed E-state index contributed by atoms with van der Waals surface area (Å²) in [6.07, 6.45) is 10.1. The monoisotopic (exact) mass is 710 g/mol. The number of hydrogen-bond acceptors (Lipinski definition) is 0. The lowest BCUT2D eigenvalue weighted by molar-refractivity contribution is -0.378. The van der Waals surface area contributed by atoms with Gasteiger partial charge in [-0.15, -0.1) is 0 Å². The Morgan fingerprint density at radius 2 is 0.442 bits per heavy atom. The first-order chi connectivity index (χ1) is 25.8. The molecule has 0 aliphatic rings. The normalized spacial score (nSPS) is 11.2. The molecule has 2 nitrogen and oxygen atoms in total. The van der Waals surface area contributed by atoms with Crippen molar-refractivity contribution in [2.45, 2.75) is 12.3 Å². The highest BCUT2D eigenvalue weighted by atomic mass is 31.2. The largest absolute Gasteiger partial charge is 0.218 e. The summed E-state index contributed by atoms with van der Waals surface area (Å²) in [7, 11) is -3.58. The van der Waals surface area contributed by atoms with Crippen molar-refractivity contribution in [2.75, 3.05) is 0 Å². The minimum atomic E-state index is -1.79. The van der Waals surface area contributed by atoms with E-state index in [0.717, 1.165) is 12.3 Å². The van der Waals surface area contributed by atoms with Crippen LogP contribution in [0.2, 0.25) is 0 Å². The van der Waals surface area contributed by atoms with Crippen LogP contribution in [-0.2, 0) is 12.3 Å². The molecule has 0 bridgehead atoms. The number of pyridine rings is 2. The fourth-order valence-electron chi connectivity index (χ4n) is 7.14. The molecule has 0 aliphatic heterocycles. The number of H-pyrrole nitrogens is 2. The highest BCUT2D eigenvalue weighted by Crippen LogP contribution is 2.59. The third kappa shape index (κ3) is 7.70. The van der Waals surface area contributed by atoms with E-state index in [9.17, 15) is 0 Å². The Hall–Kier alpha value is -5.52. The van der Waals surface area contributed by atoms with Crippen LogP contribution in [0.3, 0.4) is 0 Å². The quantitative estimate of drug-likeness (QED) is 0.129. The predicted molar refractivity (Wildman–Crippen MR) is 224 cm³/mol. The molecule has 0 saturated carbocycles. The summed E-state index contributed by atoms with van der Waals surface area (Å²) in [5.41, 5.74) is 2.71. The molecule has 0 radical (unpaired) electrons. The average Bonchev–Trinajstić information content (AvgIpc) is 3.25. The molecule has 0 spiro atoms. The third-order valence-corrected chi connectivity index (χ3v) is 18.4. The van der Waals surface area contributed by atoms with E-state index in [1.807, 2.05) is 24.8 Å². The Kier molecular flexibility index (Phi) is 11.5. The Balaban J connectivity index is 0.000000162. The second kappa shape index (κ2) is 17.1. The Morgan fingerprint density at radius 1 is 0.250 bits per heavy atom. The second-order valence-corrected chi connectivity index (χ2v) is 19.7. The van der Waals surface area contributed by atoms with E-state index in [2.05, 4.69) is 216 Å². The Morgan fingerprint density at radius 3 is 0.635 bits per heavy atom. The lowest BCUT2D eigenvalue weighted by Gasteiger charge is -2.27. The fourth-order valence-corrected chi connectivity index (χ4v) is 15.6. The highest BCUT2D eigenvalue weighted by molar-refractivity contribution is 7.95. The zero-order valence-corrected chi connectivity index (χ0v) is 31.0. The van der Waals surface area contributed by atoms with E-state index < -0.39 is 14.5 Å². The molecule has 0 saturated heterocycles. The van der Waals surface area contributed by atoms with Crippen LogP contribution in [0.4, 0.5) is 0 Å². The van der Waals surface area contributed by atoms with Gasteiger partial charge in [0.1, 0.15) is 46.4 Å². The molecule has 2 aromatic heterocycles. The lowest BCUT2D eigenvalue weighted by Crippen LogP contribution is -2.32. The first-order valence-electron chi connectivity index (χ1n) is 17.8. The van der Waals surface area contributed by atoms with E-state index in [1.165, 1.54) is 43.0 Å². The standard InChI is InChI=1S/2C24H21NP/c2*1-4-10-22(11-5-1)26(23-12-6-2-7-13-23,24-14-8-3-9-15-24)20-21-16-18-25-19-17-21/h2*1-19H,20H2/q2*+1/p+2. The van der Waals surface area contributed by atoms with Crippen LogP contribution in [0.15, 0.2) is 231 Å². The van der Waals surface area contributed by atoms with Gasteiger partial charge in [0.2, 0.25) is 0 Å². The van der Waals surface area contributed by atoms with E-state index >= 15 is 0 Å². The maximum absolute atomic E-state index is 3.15. The van der Waals surface area contributed by atoms with Crippen LogP contribution < -0.4 is 41.8 Å². The molecule has 4 heteroatoms. The number of nitrogens with one attached hydrogen (secondary N) is 2. The summed E-state index contributed by atoms with van der Waals surface area (Å²) in [5, 5.41) is 8.53. The van der Waals surface area contributed by atoms with Gasteiger partial charge in [0.25, 0.3) is 0 Å². The van der Waals surface area contributed by atoms with Gasteiger partial charge in [-0.3, -0.25) is 0 Å². The molecule has 0 fully saturated rings. The van der Waals surface area contributed by atoms with E-state index in [-0.39, 0.29) is 0 Å². The highest BCUT2D eigenvalue weighted by Gasteiger charge is 2.46. The van der Waals surface area contributed by atoms with Gasteiger partial charge >= 0.3 is 0 Å². The first-order valence-corrected chi connectivity index (χ1v) is 21.7. The van der Waals surface area contributed by atoms with Crippen molar-refractivity contribution in [1.82, 2.24) is 0 Å². The van der Waals surface area contributed by atoms with Gasteiger partial charge in [-0.05, 0) is 72.8 Å². The molecule has 0 unspecified atom stereocenters. The van der Waals surface area contributed by atoms with Crippen molar-refractivity contribution in [3.05, 3.63) is 242 Å². The third-order valence-electron chi connectivity index (χ3n) is 9.60. The van der Waals surface area contributed by atoms with Crippen molar-refractivity contribution in [3.63, 3.8) is 0 Å². The molecule has 52 heavy (non-hydrogen) atoms. The molecule has 0 atom stereocenters. The van der Waals surface area contributed by atoms with E-state index in [1.54, 1.807) is 0 Å². The number of rotatable bonds is 10.